The van der Waals surface area contributed by atoms with Crippen LogP contribution in [0.15, 0.2) is 101 Å². The van der Waals surface area contributed by atoms with Crippen molar-refractivity contribution < 1.29 is 0 Å². The first-order chi connectivity index (χ1) is 19.3. The number of hydrogen-bond donors (Lipinski definition) is 2. The highest BCUT2D eigenvalue weighted by Crippen LogP contribution is 2.44. The maximum Gasteiger partial charge on any atom is 0.0505 e. The molecule has 0 amide bonds. The molecule has 4 heteroatoms. The standard InChI is InChI=1S/C36H37N3S/c1-22-13-16-26(20-31(22)27-9-7-11-33-29(27)17-14-24(3)37-33)40-36-21-32(23(2)19-35(36)39(5)6)28-10-8-12-34-30(28)18-15-25(4)38-34/h7-13,16,19-21,37-38H,3-4,14-15,17-18H2,1-2,5-6H3. The third-order valence-corrected chi connectivity index (χ3v) is 9.17. The van der Waals surface area contributed by atoms with Crippen LogP contribution in [0.4, 0.5) is 17.1 Å². The van der Waals surface area contributed by atoms with Crippen LogP contribution in [0.2, 0.25) is 0 Å². The Morgan fingerprint density at radius 1 is 0.650 bits per heavy atom. The van der Waals surface area contributed by atoms with Gasteiger partial charge in [0.25, 0.3) is 0 Å². The Balaban J connectivity index is 1.42. The van der Waals surface area contributed by atoms with E-state index in [4.69, 9.17) is 0 Å². The van der Waals surface area contributed by atoms with E-state index >= 15 is 0 Å². The minimum atomic E-state index is 0.972. The zero-order valence-electron chi connectivity index (χ0n) is 23.9. The van der Waals surface area contributed by atoms with Crippen LogP contribution in [0.1, 0.15) is 35.1 Å². The molecule has 4 aromatic rings. The summed E-state index contributed by atoms with van der Waals surface area (Å²) in [7, 11) is 4.27. The van der Waals surface area contributed by atoms with Crippen LogP contribution in [-0.4, -0.2) is 14.1 Å². The van der Waals surface area contributed by atoms with Crippen molar-refractivity contribution in [1.82, 2.24) is 0 Å². The van der Waals surface area contributed by atoms with Gasteiger partial charge in [-0.25, -0.2) is 0 Å². The van der Waals surface area contributed by atoms with Crippen molar-refractivity contribution in [1.29, 1.82) is 0 Å². The summed E-state index contributed by atoms with van der Waals surface area (Å²) in [5.41, 5.74) is 16.4. The first kappa shape index (κ1) is 26.3. The predicted octanol–water partition coefficient (Wildman–Crippen LogP) is 9.60. The normalized spacial score (nSPS) is 14.2. The minimum Gasteiger partial charge on any atom is -0.377 e. The molecular formula is C36H37N3S. The third kappa shape index (κ3) is 4.93. The van der Waals surface area contributed by atoms with Crippen molar-refractivity contribution in [3.05, 3.63) is 114 Å². The maximum absolute atomic E-state index is 4.16. The molecule has 202 valence electrons. The summed E-state index contributed by atoms with van der Waals surface area (Å²) in [5, 5.41) is 7.01. The molecule has 0 saturated heterocycles. The van der Waals surface area contributed by atoms with Gasteiger partial charge in [-0.3, -0.25) is 0 Å². The molecule has 2 aliphatic heterocycles. The van der Waals surface area contributed by atoms with Crippen molar-refractivity contribution in [2.75, 3.05) is 29.6 Å². The summed E-state index contributed by atoms with van der Waals surface area (Å²) >= 11 is 1.85. The van der Waals surface area contributed by atoms with E-state index in [1.54, 1.807) is 0 Å². The molecule has 0 saturated carbocycles. The molecule has 0 unspecified atom stereocenters. The molecule has 0 aromatic heterocycles. The molecule has 40 heavy (non-hydrogen) atoms. The Labute approximate surface area is 243 Å². The van der Waals surface area contributed by atoms with Crippen LogP contribution in [0.25, 0.3) is 22.3 Å². The summed E-state index contributed by atoms with van der Waals surface area (Å²) in [6.45, 7) is 12.8. The van der Waals surface area contributed by atoms with Crippen LogP contribution in [0.5, 0.6) is 0 Å². The zero-order valence-corrected chi connectivity index (χ0v) is 24.8. The number of rotatable bonds is 5. The van der Waals surface area contributed by atoms with Gasteiger partial charge < -0.3 is 15.5 Å². The van der Waals surface area contributed by atoms with Gasteiger partial charge in [-0.1, -0.05) is 55.3 Å². The highest BCUT2D eigenvalue weighted by molar-refractivity contribution is 7.99. The lowest BCUT2D eigenvalue weighted by Gasteiger charge is -2.25. The van der Waals surface area contributed by atoms with Crippen LogP contribution in [-0.2, 0) is 12.8 Å². The second-order valence-electron chi connectivity index (χ2n) is 11.2. The van der Waals surface area contributed by atoms with E-state index < -0.39 is 0 Å². The SMILES string of the molecule is C=C1CCc2c(cccc2-c2cc(Sc3cc(-c4cccc5c4CCC(=C)N5)c(C)cc3N(C)C)ccc2C)N1. The minimum absolute atomic E-state index is 0.972. The van der Waals surface area contributed by atoms with Gasteiger partial charge in [-0.2, -0.15) is 0 Å². The highest BCUT2D eigenvalue weighted by atomic mass is 32.2. The van der Waals surface area contributed by atoms with Crippen LogP contribution in [0.3, 0.4) is 0 Å². The Kier molecular flexibility index (Phi) is 6.97. The molecule has 2 N–H and O–H groups in total. The van der Waals surface area contributed by atoms with Gasteiger partial charge in [0.15, 0.2) is 0 Å². The third-order valence-electron chi connectivity index (χ3n) is 8.13. The van der Waals surface area contributed by atoms with Gasteiger partial charge in [0.1, 0.15) is 0 Å². The maximum atomic E-state index is 4.16. The summed E-state index contributed by atoms with van der Waals surface area (Å²) in [5.74, 6) is 0. The van der Waals surface area contributed by atoms with Crippen molar-refractivity contribution in [3.63, 3.8) is 0 Å². The molecule has 2 heterocycles. The molecule has 6 rings (SSSR count). The quantitative estimate of drug-likeness (QED) is 0.262. The molecule has 0 spiro atoms. The number of allylic oxidation sites excluding steroid dienone is 2. The Hall–Kier alpha value is -3.89. The smallest absolute Gasteiger partial charge is 0.0505 e. The van der Waals surface area contributed by atoms with Gasteiger partial charge in [0.05, 0.1) is 5.69 Å². The topological polar surface area (TPSA) is 27.3 Å². The number of benzene rings is 4. The number of nitrogens with one attached hydrogen (secondary N) is 2. The lowest BCUT2D eigenvalue weighted by atomic mass is 9.90. The first-order valence-corrected chi connectivity index (χ1v) is 14.8. The van der Waals surface area contributed by atoms with E-state index in [1.165, 1.54) is 71.4 Å². The monoisotopic (exact) mass is 543 g/mol. The average molecular weight is 544 g/mol. The zero-order chi connectivity index (χ0) is 28.0. The fourth-order valence-electron chi connectivity index (χ4n) is 5.98. The predicted molar refractivity (Wildman–Crippen MR) is 174 cm³/mol. The van der Waals surface area contributed by atoms with Gasteiger partial charge in [0, 0.05) is 46.7 Å². The molecule has 3 nitrogen and oxygen atoms in total. The van der Waals surface area contributed by atoms with Crippen molar-refractivity contribution in [2.45, 2.75) is 49.3 Å². The molecule has 0 radical (unpaired) electrons. The largest absolute Gasteiger partial charge is 0.377 e. The first-order valence-electron chi connectivity index (χ1n) is 14.0. The van der Waals surface area contributed by atoms with E-state index in [9.17, 15) is 0 Å². The molecule has 0 atom stereocenters. The Morgan fingerprint density at radius 3 is 1.80 bits per heavy atom. The average Bonchev–Trinajstić information content (AvgIpc) is 2.93. The Bertz CT molecular complexity index is 1660. The van der Waals surface area contributed by atoms with Crippen LogP contribution in [0, 0.1) is 13.8 Å². The number of nitrogens with zero attached hydrogens (tertiary/aromatic N) is 1. The van der Waals surface area contributed by atoms with Crippen molar-refractivity contribution in [2.24, 2.45) is 0 Å². The van der Waals surface area contributed by atoms with Crippen molar-refractivity contribution in [3.8, 4) is 22.3 Å². The molecule has 0 aliphatic carbocycles. The summed E-state index contributed by atoms with van der Waals surface area (Å²) in [4.78, 5) is 4.74. The second kappa shape index (κ2) is 10.6. The van der Waals surface area contributed by atoms with Gasteiger partial charge in [-0.15, -0.1) is 0 Å². The number of aryl methyl sites for hydroxylation is 2. The second-order valence-corrected chi connectivity index (χ2v) is 12.3. The molecule has 0 bridgehead atoms. The van der Waals surface area contributed by atoms with E-state index in [1.807, 2.05) is 11.8 Å². The molecule has 0 fully saturated rings. The van der Waals surface area contributed by atoms with E-state index in [0.717, 1.165) is 37.1 Å². The summed E-state index contributed by atoms with van der Waals surface area (Å²) in [6.07, 6.45) is 3.98. The van der Waals surface area contributed by atoms with Gasteiger partial charge in [-0.05, 0) is 120 Å². The lowest BCUT2D eigenvalue weighted by molar-refractivity contribution is 0.920. The van der Waals surface area contributed by atoms with E-state index in [-0.39, 0.29) is 0 Å². The van der Waals surface area contributed by atoms with Crippen LogP contribution < -0.4 is 15.5 Å². The number of anilines is 3. The molecule has 2 aliphatic rings. The fraction of sp³-hybridized carbons (Fsp3) is 0.222. The Morgan fingerprint density at radius 2 is 1.23 bits per heavy atom. The van der Waals surface area contributed by atoms with E-state index in [0.29, 0.717) is 0 Å². The molecular weight excluding hydrogens is 506 g/mol. The summed E-state index contributed by atoms with van der Waals surface area (Å²) < 4.78 is 0. The van der Waals surface area contributed by atoms with Gasteiger partial charge in [0.2, 0.25) is 0 Å². The highest BCUT2D eigenvalue weighted by Gasteiger charge is 2.20. The lowest BCUT2D eigenvalue weighted by Crippen LogP contribution is -2.12. The number of fused-ring (bicyclic) bond motifs is 2. The van der Waals surface area contributed by atoms with E-state index in [2.05, 4.69) is 123 Å². The fourth-order valence-corrected chi connectivity index (χ4v) is 7.07. The van der Waals surface area contributed by atoms with Crippen molar-refractivity contribution >= 4 is 28.8 Å². The van der Waals surface area contributed by atoms with Crippen LogP contribution >= 0.6 is 11.8 Å². The summed E-state index contributed by atoms with van der Waals surface area (Å²) in [6, 6.07) is 24.8. The van der Waals surface area contributed by atoms with Gasteiger partial charge >= 0.3 is 0 Å². The molecule has 4 aromatic carbocycles. The number of hydrogen-bond acceptors (Lipinski definition) is 4.